The number of benzene rings is 2. The van der Waals surface area contributed by atoms with Crippen molar-refractivity contribution in [1.82, 2.24) is 0 Å². The summed E-state index contributed by atoms with van der Waals surface area (Å²) >= 11 is 3.91. The molecule has 29 heavy (non-hydrogen) atoms. The summed E-state index contributed by atoms with van der Waals surface area (Å²) in [5.41, 5.74) is 3.17. The van der Waals surface area contributed by atoms with Crippen molar-refractivity contribution in [1.29, 1.82) is 0 Å². The Morgan fingerprint density at radius 1 is 1.07 bits per heavy atom. The van der Waals surface area contributed by atoms with E-state index in [0.717, 1.165) is 11.4 Å². The first-order valence-electron chi connectivity index (χ1n) is 9.68. The number of hydrogen-bond acceptors (Lipinski definition) is 6. The van der Waals surface area contributed by atoms with E-state index in [9.17, 15) is 9.59 Å². The van der Waals surface area contributed by atoms with Crippen molar-refractivity contribution in [2.45, 2.75) is 30.4 Å². The number of rotatable bonds is 5. The summed E-state index contributed by atoms with van der Waals surface area (Å²) in [7, 11) is 0. The zero-order valence-corrected chi connectivity index (χ0v) is 17.8. The maximum atomic E-state index is 12.9. The summed E-state index contributed by atoms with van der Waals surface area (Å²) in [5, 5.41) is 9.10. The number of ketones is 1. The van der Waals surface area contributed by atoms with Crippen LogP contribution in [0.15, 0.2) is 59.7 Å². The molecule has 1 N–H and O–H groups in total. The predicted molar refractivity (Wildman–Crippen MR) is 123 cm³/mol. The number of nitrogens with one attached hydrogen (secondary N) is 1. The molecule has 2 aromatic carbocycles. The summed E-state index contributed by atoms with van der Waals surface area (Å²) in [4.78, 5) is 25.0. The highest BCUT2D eigenvalue weighted by molar-refractivity contribution is 8.16. The van der Waals surface area contributed by atoms with Crippen LogP contribution >= 0.6 is 23.5 Å². The number of Topliss-reactive ketones (excluding diaryl/α,β-unsaturated/α-hetero) is 1. The Kier molecular flexibility index (Phi) is 6.25. The zero-order chi connectivity index (χ0) is 20.2. The molecule has 2 heterocycles. The van der Waals surface area contributed by atoms with E-state index in [-0.39, 0.29) is 11.7 Å². The van der Waals surface area contributed by atoms with Crippen LogP contribution in [0.25, 0.3) is 0 Å². The van der Waals surface area contributed by atoms with Gasteiger partial charge in [0.25, 0.3) is 5.91 Å². The Labute approximate surface area is 179 Å². The highest BCUT2D eigenvalue weighted by atomic mass is 32.2. The van der Waals surface area contributed by atoms with Crippen molar-refractivity contribution >= 4 is 52.3 Å². The monoisotopic (exact) mass is 425 g/mol. The number of hydrazone groups is 1. The van der Waals surface area contributed by atoms with Gasteiger partial charge < -0.3 is 5.32 Å². The van der Waals surface area contributed by atoms with Crippen molar-refractivity contribution in [2.24, 2.45) is 5.10 Å². The van der Waals surface area contributed by atoms with Crippen LogP contribution in [-0.2, 0) is 9.59 Å². The van der Waals surface area contributed by atoms with Crippen LogP contribution in [0.5, 0.6) is 0 Å². The number of nitrogens with zero attached hydrogens (tertiary/aromatic N) is 2. The van der Waals surface area contributed by atoms with E-state index in [1.807, 2.05) is 72.1 Å². The minimum Gasteiger partial charge on any atom is -0.321 e. The minimum absolute atomic E-state index is 0.00579. The number of anilines is 2. The second-order valence-electron chi connectivity index (χ2n) is 7.06. The standard InChI is InChI=1S/C22H23N3O2S2/c1-15(26)20-14-19(24-25(20)18-9-3-2-4-10-18)21(27)23-17-8-5-7-16(13-17)22-28-11-6-12-29-22/h2-5,7-10,13,20,22H,6,11-12,14H2,1H3,(H,23,27). The van der Waals surface area contributed by atoms with Crippen LogP contribution in [0.2, 0.25) is 0 Å². The molecule has 0 aliphatic carbocycles. The van der Waals surface area contributed by atoms with Gasteiger partial charge in [0.2, 0.25) is 0 Å². The molecule has 0 aromatic heterocycles. The molecule has 0 saturated carbocycles. The topological polar surface area (TPSA) is 61.8 Å². The smallest absolute Gasteiger partial charge is 0.271 e. The van der Waals surface area contributed by atoms with Crippen molar-refractivity contribution in [2.75, 3.05) is 21.8 Å². The number of carbonyl (C=O) groups is 2. The molecule has 0 radical (unpaired) electrons. The maximum absolute atomic E-state index is 12.9. The van der Waals surface area contributed by atoms with Gasteiger partial charge >= 0.3 is 0 Å². The quantitative estimate of drug-likeness (QED) is 0.751. The van der Waals surface area contributed by atoms with Crippen LogP contribution < -0.4 is 10.3 Å². The highest BCUT2D eigenvalue weighted by Crippen LogP contribution is 2.44. The average molecular weight is 426 g/mol. The molecule has 0 bridgehead atoms. The summed E-state index contributed by atoms with van der Waals surface area (Å²) in [6.07, 6.45) is 1.56. The lowest BCUT2D eigenvalue weighted by Crippen LogP contribution is -2.33. The van der Waals surface area contributed by atoms with Gasteiger partial charge in [-0.15, -0.1) is 23.5 Å². The van der Waals surface area contributed by atoms with Crippen molar-refractivity contribution in [3.05, 3.63) is 60.2 Å². The lowest BCUT2D eigenvalue weighted by Gasteiger charge is -2.21. The minimum atomic E-state index is -0.445. The van der Waals surface area contributed by atoms with Crippen molar-refractivity contribution in [3.63, 3.8) is 0 Å². The summed E-state index contributed by atoms with van der Waals surface area (Å²) in [6.45, 7) is 1.54. The Morgan fingerprint density at radius 2 is 1.83 bits per heavy atom. The van der Waals surface area contributed by atoms with E-state index in [2.05, 4.69) is 16.5 Å². The second kappa shape index (κ2) is 9.05. The van der Waals surface area contributed by atoms with Crippen LogP contribution in [0.3, 0.4) is 0 Å². The Bertz CT molecular complexity index is 927. The highest BCUT2D eigenvalue weighted by Gasteiger charge is 2.34. The largest absolute Gasteiger partial charge is 0.321 e. The third-order valence-electron chi connectivity index (χ3n) is 4.91. The lowest BCUT2D eigenvalue weighted by atomic mass is 10.1. The Hall–Kier alpha value is -2.25. The third-order valence-corrected chi connectivity index (χ3v) is 7.92. The molecular formula is C22H23N3O2S2. The number of para-hydroxylation sites is 1. The molecule has 4 rings (SSSR count). The maximum Gasteiger partial charge on any atom is 0.271 e. The molecule has 1 fully saturated rings. The van der Waals surface area contributed by atoms with E-state index in [1.54, 1.807) is 11.9 Å². The number of thioether (sulfide) groups is 2. The number of amides is 1. The van der Waals surface area contributed by atoms with E-state index in [1.165, 1.54) is 23.5 Å². The van der Waals surface area contributed by atoms with E-state index in [0.29, 0.717) is 16.7 Å². The van der Waals surface area contributed by atoms with Gasteiger partial charge in [-0.3, -0.25) is 14.6 Å². The third kappa shape index (κ3) is 4.67. The fourth-order valence-electron chi connectivity index (χ4n) is 3.43. The van der Waals surface area contributed by atoms with Gasteiger partial charge in [0, 0.05) is 12.1 Å². The lowest BCUT2D eigenvalue weighted by molar-refractivity contribution is -0.118. The molecule has 0 spiro atoms. The fraction of sp³-hybridized carbons (Fsp3) is 0.318. The molecular weight excluding hydrogens is 402 g/mol. The van der Waals surface area contributed by atoms with Crippen LogP contribution in [0.1, 0.15) is 29.9 Å². The zero-order valence-electron chi connectivity index (χ0n) is 16.2. The SMILES string of the molecule is CC(=O)C1CC(C(=O)Nc2cccc(C3SCCCS3)c2)=NN1c1ccccc1. The number of hydrogen-bond donors (Lipinski definition) is 1. The van der Waals surface area contributed by atoms with Crippen LogP contribution in [0.4, 0.5) is 11.4 Å². The first-order valence-corrected chi connectivity index (χ1v) is 11.8. The average Bonchev–Trinajstić information content (AvgIpc) is 3.21. The fourth-order valence-corrected chi connectivity index (χ4v) is 6.30. The van der Waals surface area contributed by atoms with Crippen LogP contribution in [0, 0.1) is 0 Å². The van der Waals surface area contributed by atoms with E-state index in [4.69, 9.17) is 0 Å². The Morgan fingerprint density at radius 3 is 2.55 bits per heavy atom. The molecule has 1 amide bonds. The van der Waals surface area contributed by atoms with Crippen molar-refractivity contribution in [3.8, 4) is 0 Å². The van der Waals surface area contributed by atoms with Crippen LogP contribution in [-0.4, -0.2) is 34.9 Å². The van der Waals surface area contributed by atoms with Gasteiger partial charge in [-0.05, 0) is 54.7 Å². The molecule has 2 aliphatic heterocycles. The van der Waals surface area contributed by atoms with Crippen molar-refractivity contribution < 1.29 is 9.59 Å². The molecule has 1 atom stereocenters. The normalized spacial score (nSPS) is 19.7. The molecule has 7 heteroatoms. The predicted octanol–water partition coefficient (Wildman–Crippen LogP) is 4.72. The Balaban J connectivity index is 1.50. The molecule has 1 saturated heterocycles. The van der Waals surface area contributed by atoms with E-state index < -0.39 is 6.04 Å². The van der Waals surface area contributed by atoms with Gasteiger partial charge in [0.15, 0.2) is 5.78 Å². The second-order valence-corrected chi connectivity index (χ2v) is 9.79. The summed E-state index contributed by atoms with van der Waals surface area (Å²) < 4.78 is 0.417. The molecule has 150 valence electrons. The van der Waals surface area contributed by atoms with Gasteiger partial charge in [-0.2, -0.15) is 5.10 Å². The summed E-state index contributed by atoms with van der Waals surface area (Å²) in [5.74, 6) is 2.09. The van der Waals surface area contributed by atoms with Gasteiger partial charge in [0.05, 0.1) is 10.3 Å². The van der Waals surface area contributed by atoms with E-state index >= 15 is 0 Å². The molecule has 2 aromatic rings. The first-order chi connectivity index (χ1) is 14.1. The molecule has 1 unspecified atom stereocenters. The number of carbonyl (C=O) groups excluding carboxylic acids is 2. The summed E-state index contributed by atoms with van der Waals surface area (Å²) in [6, 6.07) is 17.1. The van der Waals surface area contributed by atoms with Gasteiger partial charge in [-0.1, -0.05) is 30.3 Å². The first kappa shape index (κ1) is 20.0. The molecule has 5 nitrogen and oxygen atoms in total. The van der Waals surface area contributed by atoms with Gasteiger partial charge in [-0.25, -0.2) is 0 Å². The van der Waals surface area contributed by atoms with Gasteiger partial charge in [0.1, 0.15) is 11.8 Å². The molecule has 2 aliphatic rings.